The van der Waals surface area contributed by atoms with E-state index in [2.05, 4.69) is 20.8 Å². The molecule has 0 bridgehead atoms. The van der Waals surface area contributed by atoms with Gasteiger partial charge in [-0.1, -0.05) is 38.5 Å². The highest BCUT2D eigenvalue weighted by Crippen LogP contribution is 2.21. The molecule has 2 aliphatic rings. The maximum atomic E-state index is 12.2. The number of aromatic nitrogens is 2. The lowest BCUT2D eigenvalue weighted by Crippen LogP contribution is -2.36. The third-order valence-corrected chi connectivity index (χ3v) is 4.79. The van der Waals surface area contributed by atoms with E-state index in [-0.39, 0.29) is 5.91 Å². The summed E-state index contributed by atoms with van der Waals surface area (Å²) in [4.78, 5) is 12.2. The SMILES string of the molecule is O=C(NC1CCCCC1)c1ccc(NC2CCCCC2)nn1. The Hall–Kier alpha value is -1.65. The molecule has 0 radical (unpaired) electrons. The summed E-state index contributed by atoms with van der Waals surface area (Å²) in [5, 5.41) is 14.7. The Morgan fingerprint density at radius 2 is 1.50 bits per heavy atom. The Balaban J connectivity index is 1.52. The number of carbonyl (C=O) groups is 1. The van der Waals surface area contributed by atoms with Crippen molar-refractivity contribution in [2.75, 3.05) is 5.32 Å². The molecule has 1 heterocycles. The number of rotatable bonds is 4. The largest absolute Gasteiger partial charge is 0.366 e. The van der Waals surface area contributed by atoms with Gasteiger partial charge in [-0.3, -0.25) is 4.79 Å². The number of carbonyl (C=O) groups excluding carboxylic acids is 1. The van der Waals surface area contributed by atoms with Crippen molar-refractivity contribution in [3.8, 4) is 0 Å². The van der Waals surface area contributed by atoms with Gasteiger partial charge in [0, 0.05) is 12.1 Å². The lowest BCUT2D eigenvalue weighted by Gasteiger charge is -2.23. The second-order valence-corrected chi connectivity index (χ2v) is 6.59. The number of anilines is 1. The molecule has 22 heavy (non-hydrogen) atoms. The van der Waals surface area contributed by atoms with E-state index >= 15 is 0 Å². The fraction of sp³-hybridized carbons (Fsp3) is 0.706. The second-order valence-electron chi connectivity index (χ2n) is 6.59. The highest BCUT2D eigenvalue weighted by atomic mass is 16.2. The van der Waals surface area contributed by atoms with Gasteiger partial charge in [0.25, 0.3) is 5.91 Å². The van der Waals surface area contributed by atoms with Crippen molar-refractivity contribution < 1.29 is 4.79 Å². The lowest BCUT2D eigenvalue weighted by molar-refractivity contribution is 0.0921. The zero-order valence-electron chi connectivity index (χ0n) is 13.2. The molecule has 120 valence electrons. The van der Waals surface area contributed by atoms with Crippen LogP contribution >= 0.6 is 0 Å². The van der Waals surface area contributed by atoms with Gasteiger partial charge in [-0.2, -0.15) is 0 Å². The molecule has 0 aliphatic heterocycles. The van der Waals surface area contributed by atoms with Gasteiger partial charge in [0.05, 0.1) is 0 Å². The molecule has 5 heteroatoms. The predicted octanol–water partition coefficient (Wildman–Crippen LogP) is 3.28. The van der Waals surface area contributed by atoms with E-state index in [4.69, 9.17) is 0 Å². The molecule has 0 saturated heterocycles. The molecule has 1 aromatic heterocycles. The van der Waals surface area contributed by atoms with Crippen LogP contribution in [0.5, 0.6) is 0 Å². The first kappa shape index (κ1) is 15.3. The van der Waals surface area contributed by atoms with Gasteiger partial charge in [0.2, 0.25) is 0 Å². The van der Waals surface area contributed by atoms with Crippen molar-refractivity contribution >= 4 is 11.7 Å². The van der Waals surface area contributed by atoms with Crippen LogP contribution in [0.1, 0.15) is 74.7 Å². The number of hydrogen-bond donors (Lipinski definition) is 2. The summed E-state index contributed by atoms with van der Waals surface area (Å²) < 4.78 is 0. The van der Waals surface area contributed by atoms with Gasteiger partial charge in [-0.05, 0) is 37.8 Å². The lowest BCUT2D eigenvalue weighted by atomic mass is 9.95. The van der Waals surface area contributed by atoms with Crippen molar-refractivity contribution in [1.29, 1.82) is 0 Å². The van der Waals surface area contributed by atoms with E-state index in [0.717, 1.165) is 18.7 Å². The fourth-order valence-electron chi connectivity index (χ4n) is 3.49. The van der Waals surface area contributed by atoms with Crippen molar-refractivity contribution in [2.24, 2.45) is 0 Å². The summed E-state index contributed by atoms with van der Waals surface area (Å²) in [6, 6.07) is 4.46. The van der Waals surface area contributed by atoms with Crippen LogP contribution < -0.4 is 10.6 Å². The van der Waals surface area contributed by atoms with Crippen LogP contribution in [0.2, 0.25) is 0 Å². The summed E-state index contributed by atoms with van der Waals surface area (Å²) in [5.74, 6) is 0.685. The summed E-state index contributed by atoms with van der Waals surface area (Å²) in [6.45, 7) is 0. The van der Waals surface area contributed by atoms with Gasteiger partial charge in [0.15, 0.2) is 5.69 Å². The van der Waals surface area contributed by atoms with Gasteiger partial charge < -0.3 is 10.6 Å². The van der Waals surface area contributed by atoms with Crippen LogP contribution in [-0.4, -0.2) is 28.2 Å². The molecular weight excluding hydrogens is 276 g/mol. The van der Waals surface area contributed by atoms with Crippen LogP contribution in [0.4, 0.5) is 5.82 Å². The summed E-state index contributed by atoms with van der Waals surface area (Å²) in [5.41, 5.74) is 0.416. The minimum Gasteiger partial charge on any atom is -0.366 e. The summed E-state index contributed by atoms with van der Waals surface area (Å²) >= 11 is 0. The Labute approximate surface area is 132 Å². The maximum absolute atomic E-state index is 12.2. The van der Waals surface area contributed by atoms with Gasteiger partial charge in [0.1, 0.15) is 5.82 Å². The van der Waals surface area contributed by atoms with Crippen LogP contribution in [0.15, 0.2) is 12.1 Å². The molecule has 2 fully saturated rings. The highest BCUT2D eigenvalue weighted by molar-refractivity contribution is 5.92. The Morgan fingerprint density at radius 3 is 2.09 bits per heavy atom. The van der Waals surface area contributed by atoms with Crippen LogP contribution in [0, 0.1) is 0 Å². The highest BCUT2D eigenvalue weighted by Gasteiger charge is 2.18. The molecule has 3 rings (SSSR count). The Morgan fingerprint density at radius 1 is 0.864 bits per heavy atom. The fourth-order valence-corrected chi connectivity index (χ4v) is 3.49. The third-order valence-electron chi connectivity index (χ3n) is 4.79. The van der Waals surface area contributed by atoms with Crippen molar-refractivity contribution in [3.05, 3.63) is 17.8 Å². The van der Waals surface area contributed by atoms with Gasteiger partial charge >= 0.3 is 0 Å². The first-order valence-electron chi connectivity index (χ1n) is 8.72. The zero-order valence-corrected chi connectivity index (χ0v) is 13.2. The smallest absolute Gasteiger partial charge is 0.272 e. The molecule has 2 aliphatic carbocycles. The van der Waals surface area contributed by atoms with E-state index in [0.29, 0.717) is 17.8 Å². The molecule has 5 nitrogen and oxygen atoms in total. The third kappa shape index (κ3) is 4.18. The summed E-state index contributed by atoms with van der Waals surface area (Å²) in [6.07, 6.45) is 12.2. The first-order chi connectivity index (χ1) is 10.8. The quantitative estimate of drug-likeness (QED) is 0.895. The predicted molar refractivity (Wildman–Crippen MR) is 86.9 cm³/mol. The average Bonchev–Trinajstić information content (AvgIpc) is 2.57. The maximum Gasteiger partial charge on any atom is 0.272 e. The normalized spacial score (nSPS) is 20.5. The number of nitrogens with zero attached hydrogens (tertiary/aromatic N) is 2. The van der Waals surface area contributed by atoms with E-state index < -0.39 is 0 Å². The molecule has 2 N–H and O–H groups in total. The van der Waals surface area contributed by atoms with Crippen molar-refractivity contribution in [3.63, 3.8) is 0 Å². The minimum absolute atomic E-state index is 0.0939. The van der Waals surface area contributed by atoms with Crippen molar-refractivity contribution in [1.82, 2.24) is 15.5 Å². The molecule has 0 spiro atoms. The van der Waals surface area contributed by atoms with E-state index in [9.17, 15) is 4.79 Å². The Kier molecular flexibility index (Phi) is 5.24. The zero-order chi connectivity index (χ0) is 15.2. The van der Waals surface area contributed by atoms with E-state index in [1.54, 1.807) is 6.07 Å². The number of hydrogen-bond acceptors (Lipinski definition) is 4. The average molecular weight is 302 g/mol. The minimum atomic E-state index is -0.0939. The van der Waals surface area contributed by atoms with Crippen LogP contribution in [0.3, 0.4) is 0 Å². The van der Waals surface area contributed by atoms with Crippen molar-refractivity contribution in [2.45, 2.75) is 76.3 Å². The molecule has 0 unspecified atom stereocenters. The molecular formula is C17H26N4O. The second kappa shape index (κ2) is 7.56. The molecule has 1 aromatic rings. The molecule has 0 aromatic carbocycles. The topological polar surface area (TPSA) is 66.9 Å². The van der Waals surface area contributed by atoms with Gasteiger partial charge in [-0.15, -0.1) is 10.2 Å². The first-order valence-corrected chi connectivity index (χ1v) is 8.72. The number of nitrogens with one attached hydrogen (secondary N) is 2. The Bertz CT molecular complexity index is 476. The molecule has 0 atom stereocenters. The van der Waals surface area contributed by atoms with Crippen LogP contribution in [0.25, 0.3) is 0 Å². The number of amides is 1. The molecule has 1 amide bonds. The van der Waals surface area contributed by atoms with Crippen LogP contribution in [-0.2, 0) is 0 Å². The van der Waals surface area contributed by atoms with Gasteiger partial charge in [-0.25, -0.2) is 0 Å². The monoisotopic (exact) mass is 302 g/mol. The van der Waals surface area contributed by atoms with E-state index in [1.807, 2.05) is 6.07 Å². The standard InChI is InChI=1S/C17H26N4O/c22-17(19-14-9-5-2-6-10-14)15-11-12-16(21-20-15)18-13-7-3-1-4-8-13/h11-14H,1-10H2,(H,18,21)(H,19,22). The summed E-state index contributed by atoms with van der Waals surface area (Å²) in [7, 11) is 0. The van der Waals surface area contributed by atoms with E-state index in [1.165, 1.54) is 51.4 Å². The molecule has 2 saturated carbocycles.